The summed E-state index contributed by atoms with van der Waals surface area (Å²) in [5.41, 5.74) is 0.0163. The van der Waals surface area contributed by atoms with Gasteiger partial charge in [0.15, 0.2) is 0 Å². The van der Waals surface area contributed by atoms with Crippen LogP contribution in [-0.4, -0.2) is 38.9 Å². The summed E-state index contributed by atoms with van der Waals surface area (Å²) in [6.45, 7) is 2.41. The standard InChI is InChI=1S/C13H18ClNO4S/c1-10-2-3-12(11(14)8-10)20(17,18)15-13(9-16)4-6-19-7-5-13/h2-3,8,15-16H,4-7,9H2,1H3. The van der Waals surface area contributed by atoms with Crippen molar-refractivity contribution in [1.29, 1.82) is 0 Å². The molecule has 0 amide bonds. The molecule has 112 valence electrons. The van der Waals surface area contributed by atoms with Crippen LogP contribution in [-0.2, 0) is 14.8 Å². The Kier molecular flexibility index (Phi) is 4.71. The van der Waals surface area contributed by atoms with Gasteiger partial charge in [-0.2, -0.15) is 0 Å². The van der Waals surface area contributed by atoms with Crippen LogP contribution < -0.4 is 4.72 Å². The van der Waals surface area contributed by atoms with Crippen molar-refractivity contribution in [2.45, 2.75) is 30.2 Å². The molecule has 0 unspecified atom stereocenters. The first kappa shape index (κ1) is 15.7. The normalized spacial score (nSPS) is 18.9. The van der Waals surface area contributed by atoms with Crippen LogP contribution in [0.4, 0.5) is 0 Å². The molecule has 1 saturated heterocycles. The van der Waals surface area contributed by atoms with Crippen molar-refractivity contribution in [3.8, 4) is 0 Å². The molecule has 2 rings (SSSR count). The van der Waals surface area contributed by atoms with Gasteiger partial charge in [0, 0.05) is 13.2 Å². The maximum atomic E-state index is 12.4. The number of aliphatic hydroxyl groups excluding tert-OH is 1. The van der Waals surface area contributed by atoms with Gasteiger partial charge in [-0.15, -0.1) is 0 Å². The molecule has 7 heteroatoms. The van der Waals surface area contributed by atoms with Crippen LogP contribution in [0.25, 0.3) is 0 Å². The second-order valence-electron chi connectivity index (χ2n) is 5.09. The molecule has 2 N–H and O–H groups in total. The van der Waals surface area contributed by atoms with Crippen LogP contribution in [0, 0.1) is 6.92 Å². The summed E-state index contributed by atoms with van der Waals surface area (Å²) >= 11 is 6.01. The van der Waals surface area contributed by atoms with E-state index in [2.05, 4.69) is 4.72 Å². The Morgan fingerprint density at radius 1 is 1.40 bits per heavy atom. The number of halogens is 1. The number of ether oxygens (including phenoxy) is 1. The first-order chi connectivity index (χ1) is 9.38. The number of aryl methyl sites for hydroxylation is 1. The van der Waals surface area contributed by atoms with Crippen molar-refractivity contribution in [2.24, 2.45) is 0 Å². The second kappa shape index (κ2) is 5.99. The lowest BCUT2D eigenvalue weighted by Gasteiger charge is -2.35. The third-order valence-corrected chi connectivity index (χ3v) is 5.54. The summed E-state index contributed by atoms with van der Waals surface area (Å²) in [4.78, 5) is 0.0316. The monoisotopic (exact) mass is 319 g/mol. The Morgan fingerprint density at radius 2 is 2.05 bits per heavy atom. The molecule has 20 heavy (non-hydrogen) atoms. The Balaban J connectivity index is 2.30. The molecule has 1 heterocycles. The van der Waals surface area contributed by atoms with Gasteiger partial charge in [0.05, 0.1) is 17.2 Å². The maximum absolute atomic E-state index is 12.4. The van der Waals surface area contributed by atoms with Gasteiger partial charge in [-0.1, -0.05) is 17.7 Å². The summed E-state index contributed by atoms with van der Waals surface area (Å²) in [6.07, 6.45) is 0.873. The highest BCUT2D eigenvalue weighted by atomic mass is 35.5. The lowest BCUT2D eigenvalue weighted by molar-refractivity contribution is 0.0223. The predicted octanol–water partition coefficient (Wildman–Crippen LogP) is 1.47. The summed E-state index contributed by atoms with van der Waals surface area (Å²) in [5, 5.41) is 9.73. The molecule has 0 spiro atoms. The summed E-state index contributed by atoms with van der Waals surface area (Å²) < 4.78 is 32.7. The molecule has 0 bridgehead atoms. The number of hydrogen-bond donors (Lipinski definition) is 2. The Hall–Kier alpha value is -0.660. The van der Waals surface area contributed by atoms with Gasteiger partial charge in [-0.05, 0) is 37.5 Å². The van der Waals surface area contributed by atoms with Gasteiger partial charge in [0.25, 0.3) is 0 Å². The number of rotatable bonds is 4. The molecular formula is C13H18ClNO4S. The third kappa shape index (κ3) is 3.32. The van der Waals surface area contributed by atoms with E-state index in [1.54, 1.807) is 12.1 Å². The van der Waals surface area contributed by atoms with Crippen LogP contribution in [0.3, 0.4) is 0 Å². The lowest BCUT2D eigenvalue weighted by Crippen LogP contribution is -2.54. The van der Waals surface area contributed by atoms with Gasteiger partial charge >= 0.3 is 0 Å². The number of nitrogens with one attached hydrogen (secondary N) is 1. The molecule has 1 aromatic carbocycles. The molecule has 0 aromatic heterocycles. The van der Waals surface area contributed by atoms with E-state index in [-0.39, 0.29) is 16.5 Å². The zero-order valence-electron chi connectivity index (χ0n) is 11.2. The minimum Gasteiger partial charge on any atom is -0.394 e. The van der Waals surface area contributed by atoms with E-state index in [1.165, 1.54) is 6.07 Å². The first-order valence-electron chi connectivity index (χ1n) is 6.37. The van der Waals surface area contributed by atoms with E-state index in [1.807, 2.05) is 6.92 Å². The van der Waals surface area contributed by atoms with Crippen molar-refractivity contribution < 1.29 is 18.3 Å². The molecule has 0 saturated carbocycles. The summed E-state index contributed by atoms with van der Waals surface area (Å²) in [7, 11) is -3.78. The average Bonchev–Trinajstić information content (AvgIpc) is 2.38. The van der Waals surface area contributed by atoms with E-state index in [0.29, 0.717) is 26.1 Å². The largest absolute Gasteiger partial charge is 0.394 e. The molecule has 1 aromatic rings. The molecule has 1 fully saturated rings. The van der Waals surface area contributed by atoms with Crippen LogP contribution >= 0.6 is 11.6 Å². The highest BCUT2D eigenvalue weighted by molar-refractivity contribution is 7.89. The topological polar surface area (TPSA) is 75.6 Å². The van der Waals surface area contributed by atoms with E-state index in [9.17, 15) is 13.5 Å². The maximum Gasteiger partial charge on any atom is 0.242 e. The third-order valence-electron chi connectivity index (χ3n) is 3.48. The van der Waals surface area contributed by atoms with Gasteiger partial charge < -0.3 is 9.84 Å². The zero-order chi connectivity index (χ0) is 14.8. The number of benzene rings is 1. The van der Waals surface area contributed by atoms with E-state index in [0.717, 1.165) is 5.56 Å². The van der Waals surface area contributed by atoms with Crippen molar-refractivity contribution in [1.82, 2.24) is 4.72 Å². The Labute approximate surface area is 124 Å². The van der Waals surface area contributed by atoms with Crippen molar-refractivity contribution in [3.05, 3.63) is 28.8 Å². The van der Waals surface area contributed by atoms with Crippen LogP contribution in [0.15, 0.2) is 23.1 Å². The first-order valence-corrected chi connectivity index (χ1v) is 8.23. The molecule has 1 aliphatic heterocycles. The summed E-state index contributed by atoms with van der Waals surface area (Å²) in [6, 6.07) is 4.77. The van der Waals surface area contributed by atoms with E-state index in [4.69, 9.17) is 16.3 Å². The SMILES string of the molecule is Cc1ccc(S(=O)(=O)NC2(CO)CCOCC2)c(Cl)c1. The molecule has 5 nitrogen and oxygen atoms in total. The minimum atomic E-state index is -3.78. The fourth-order valence-electron chi connectivity index (χ4n) is 2.22. The van der Waals surface area contributed by atoms with Crippen LogP contribution in [0.1, 0.15) is 18.4 Å². The molecular weight excluding hydrogens is 302 g/mol. The predicted molar refractivity (Wildman–Crippen MR) is 76.4 cm³/mol. The second-order valence-corrected chi connectivity index (χ2v) is 7.15. The Bertz CT molecular complexity index is 582. The Morgan fingerprint density at radius 3 is 2.60 bits per heavy atom. The van der Waals surface area contributed by atoms with Gasteiger partial charge in [0.2, 0.25) is 10.0 Å². The summed E-state index contributed by atoms with van der Waals surface area (Å²) in [5.74, 6) is 0. The van der Waals surface area contributed by atoms with Crippen molar-refractivity contribution in [2.75, 3.05) is 19.8 Å². The molecule has 0 radical (unpaired) electrons. The van der Waals surface area contributed by atoms with Gasteiger partial charge in [0.1, 0.15) is 4.90 Å². The quantitative estimate of drug-likeness (QED) is 0.881. The average molecular weight is 320 g/mol. The van der Waals surface area contributed by atoms with Crippen LogP contribution in [0.2, 0.25) is 5.02 Å². The van der Waals surface area contributed by atoms with E-state index < -0.39 is 15.6 Å². The smallest absolute Gasteiger partial charge is 0.242 e. The minimum absolute atomic E-state index is 0.0316. The number of aliphatic hydroxyl groups is 1. The lowest BCUT2D eigenvalue weighted by atomic mass is 9.93. The molecule has 0 atom stereocenters. The number of sulfonamides is 1. The van der Waals surface area contributed by atoms with E-state index >= 15 is 0 Å². The molecule has 0 aliphatic carbocycles. The highest BCUT2D eigenvalue weighted by Crippen LogP contribution is 2.27. The fourth-order valence-corrected chi connectivity index (χ4v) is 4.27. The van der Waals surface area contributed by atoms with Gasteiger partial charge in [-0.3, -0.25) is 0 Å². The molecule has 1 aliphatic rings. The van der Waals surface area contributed by atoms with Gasteiger partial charge in [-0.25, -0.2) is 13.1 Å². The zero-order valence-corrected chi connectivity index (χ0v) is 12.8. The highest BCUT2D eigenvalue weighted by Gasteiger charge is 2.37. The van der Waals surface area contributed by atoms with Crippen molar-refractivity contribution >= 4 is 21.6 Å². The number of hydrogen-bond acceptors (Lipinski definition) is 4. The van der Waals surface area contributed by atoms with Crippen LogP contribution in [0.5, 0.6) is 0 Å². The van der Waals surface area contributed by atoms with Crippen molar-refractivity contribution in [3.63, 3.8) is 0 Å². The fraction of sp³-hybridized carbons (Fsp3) is 0.538.